The number of anilines is 1. The van der Waals surface area contributed by atoms with Crippen LogP contribution in [0, 0.1) is 0 Å². The lowest BCUT2D eigenvalue weighted by atomic mass is 9.94. The van der Waals surface area contributed by atoms with E-state index in [1.165, 1.54) is 7.11 Å². The Balaban J connectivity index is 1.61. The fourth-order valence-corrected chi connectivity index (χ4v) is 3.88. The number of nitrogens with one attached hydrogen (secondary N) is 1. The molecule has 1 amide bonds. The Morgan fingerprint density at radius 2 is 2.06 bits per heavy atom. The lowest BCUT2D eigenvalue weighted by molar-refractivity contribution is 0.0496. The maximum Gasteiger partial charge on any atom is 0.259 e. The van der Waals surface area contributed by atoms with E-state index in [4.69, 9.17) is 9.68 Å². The minimum absolute atomic E-state index is 0.0599. The molecule has 1 fully saturated rings. The molecule has 0 radical (unpaired) electrons. The van der Waals surface area contributed by atoms with Gasteiger partial charge in [0.2, 0.25) is 0 Å². The maximum absolute atomic E-state index is 13.5. The molecular weight excluding hydrogens is 394 g/mol. The Morgan fingerprint density at radius 3 is 2.71 bits per heavy atom. The van der Waals surface area contributed by atoms with Crippen LogP contribution in [0.2, 0.25) is 0 Å². The Bertz CT molecular complexity index is 980. The molecule has 8 heteroatoms. The molecule has 0 spiro atoms. The molecule has 1 saturated heterocycles. The van der Waals surface area contributed by atoms with Gasteiger partial charge in [-0.3, -0.25) is 9.69 Å². The third kappa shape index (κ3) is 4.29. The van der Waals surface area contributed by atoms with Gasteiger partial charge in [0.1, 0.15) is 18.6 Å². The molecule has 1 unspecified atom stereocenters. The van der Waals surface area contributed by atoms with E-state index < -0.39 is 5.60 Å². The van der Waals surface area contributed by atoms with Gasteiger partial charge in [0.05, 0.1) is 6.04 Å². The summed E-state index contributed by atoms with van der Waals surface area (Å²) < 4.78 is 0. The standard InChI is InChI=1S/C23H27N5O3/c1-23(2)21(27-30-3)20(26-31-23)16-9-11-17(12-10-16)22(29)28(18-7-6-13-24-15-18)19-8-4-5-14-25-19/h4-5,8-12,14,18,24H,6-7,13,15H2,1-3H3/b27-21-. The number of amides is 1. The number of rotatable bonds is 5. The molecule has 2 aliphatic heterocycles. The van der Waals surface area contributed by atoms with E-state index in [0.29, 0.717) is 22.8 Å². The predicted octanol–water partition coefficient (Wildman–Crippen LogP) is 3.00. The first-order valence-electron chi connectivity index (χ1n) is 10.4. The number of pyridine rings is 1. The molecule has 31 heavy (non-hydrogen) atoms. The van der Waals surface area contributed by atoms with Gasteiger partial charge in [-0.05, 0) is 57.5 Å². The molecular formula is C23H27N5O3. The minimum atomic E-state index is -0.677. The summed E-state index contributed by atoms with van der Waals surface area (Å²) in [6.07, 6.45) is 3.68. The first-order valence-corrected chi connectivity index (χ1v) is 10.4. The average molecular weight is 422 g/mol. The summed E-state index contributed by atoms with van der Waals surface area (Å²) >= 11 is 0. The normalized spacial score (nSPS) is 21.3. The first kappa shape index (κ1) is 21.0. The van der Waals surface area contributed by atoms with Gasteiger partial charge >= 0.3 is 0 Å². The highest BCUT2D eigenvalue weighted by molar-refractivity contribution is 6.51. The summed E-state index contributed by atoms with van der Waals surface area (Å²) in [6.45, 7) is 5.48. The van der Waals surface area contributed by atoms with Crippen molar-refractivity contribution in [2.75, 3.05) is 25.1 Å². The minimum Gasteiger partial charge on any atom is -0.399 e. The SMILES string of the molecule is CO/N=C1/C(c2ccc(C(=O)N(c3ccccn3)C3CCCNC3)cc2)=NOC1(C)C. The maximum atomic E-state index is 13.5. The van der Waals surface area contributed by atoms with Gasteiger partial charge in [-0.25, -0.2) is 4.98 Å². The van der Waals surface area contributed by atoms with Crippen LogP contribution in [0.1, 0.15) is 42.6 Å². The fourth-order valence-electron chi connectivity index (χ4n) is 3.88. The molecule has 1 atom stereocenters. The fraction of sp³-hybridized carbons (Fsp3) is 0.391. The van der Waals surface area contributed by atoms with E-state index in [0.717, 1.165) is 31.5 Å². The Morgan fingerprint density at radius 1 is 1.26 bits per heavy atom. The third-order valence-corrected chi connectivity index (χ3v) is 5.50. The number of benzene rings is 1. The number of nitrogens with zero attached hydrogens (tertiary/aromatic N) is 4. The molecule has 0 bridgehead atoms. The second kappa shape index (κ2) is 8.85. The van der Waals surface area contributed by atoms with Crippen LogP contribution < -0.4 is 10.2 Å². The van der Waals surface area contributed by atoms with Gasteiger partial charge in [-0.2, -0.15) is 0 Å². The summed E-state index contributed by atoms with van der Waals surface area (Å²) in [6, 6.07) is 13.0. The van der Waals surface area contributed by atoms with Crippen molar-refractivity contribution in [2.24, 2.45) is 10.3 Å². The molecule has 162 valence electrons. The number of piperidine rings is 1. The molecule has 1 aromatic heterocycles. The zero-order chi connectivity index (χ0) is 21.8. The van der Waals surface area contributed by atoms with Gasteiger partial charge in [-0.1, -0.05) is 28.5 Å². The summed E-state index contributed by atoms with van der Waals surface area (Å²) in [7, 11) is 1.49. The van der Waals surface area contributed by atoms with Crippen LogP contribution in [0.5, 0.6) is 0 Å². The number of hydrogen-bond donors (Lipinski definition) is 1. The van der Waals surface area contributed by atoms with E-state index in [2.05, 4.69) is 20.6 Å². The predicted molar refractivity (Wildman–Crippen MR) is 120 cm³/mol. The van der Waals surface area contributed by atoms with Crippen LogP contribution in [0.3, 0.4) is 0 Å². The zero-order valence-corrected chi connectivity index (χ0v) is 18.0. The van der Waals surface area contributed by atoms with Crippen LogP contribution in [0.15, 0.2) is 59.0 Å². The molecule has 2 aliphatic rings. The molecule has 3 heterocycles. The van der Waals surface area contributed by atoms with Crippen molar-refractivity contribution in [3.8, 4) is 0 Å². The van der Waals surface area contributed by atoms with Gasteiger partial charge in [0.15, 0.2) is 11.3 Å². The molecule has 2 aromatic rings. The highest BCUT2D eigenvalue weighted by Crippen LogP contribution is 2.25. The van der Waals surface area contributed by atoms with Crippen molar-refractivity contribution >= 4 is 23.1 Å². The van der Waals surface area contributed by atoms with Crippen LogP contribution >= 0.6 is 0 Å². The topological polar surface area (TPSA) is 88.4 Å². The van der Waals surface area contributed by atoms with Crippen molar-refractivity contribution in [3.63, 3.8) is 0 Å². The van der Waals surface area contributed by atoms with Crippen LogP contribution in [0.25, 0.3) is 0 Å². The summed E-state index contributed by atoms with van der Waals surface area (Å²) in [5.74, 6) is 0.588. The van der Waals surface area contributed by atoms with Crippen molar-refractivity contribution in [1.82, 2.24) is 10.3 Å². The Labute approximate surface area is 181 Å². The number of aromatic nitrogens is 1. The van der Waals surface area contributed by atoms with E-state index in [1.54, 1.807) is 11.1 Å². The van der Waals surface area contributed by atoms with E-state index in [-0.39, 0.29) is 11.9 Å². The summed E-state index contributed by atoms with van der Waals surface area (Å²) in [5, 5.41) is 11.7. The molecule has 1 N–H and O–H groups in total. The van der Waals surface area contributed by atoms with E-state index in [1.807, 2.05) is 56.3 Å². The lowest BCUT2D eigenvalue weighted by Crippen LogP contribution is -2.49. The molecule has 8 nitrogen and oxygen atoms in total. The van der Waals surface area contributed by atoms with Gasteiger partial charge in [-0.15, -0.1) is 0 Å². The smallest absolute Gasteiger partial charge is 0.259 e. The Kier molecular flexibility index (Phi) is 5.99. The third-order valence-electron chi connectivity index (χ3n) is 5.50. The van der Waals surface area contributed by atoms with Crippen molar-refractivity contribution in [3.05, 3.63) is 59.8 Å². The van der Waals surface area contributed by atoms with Crippen LogP contribution in [0.4, 0.5) is 5.82 Å². The zero-order valence-electron chi connectivity index (χ0n) is 18.0. The van der Waals surface area contributed by atoms with E-state index in [9.17, 15) is 4.79 Å². The van der Waals surface area contributed by atoms with Crippen molar-refractivity contribution in [1.29, 1.82) is 0 Å². The summed E-state index contributed by atoms with van der Waals surface area (Å²) in [5.41, 5.74) is 1.93. The average Bonchev–Trinajstić information content (AvgIpc) is 3.10. The van der Waals surface area contributed by atoms with Crippen LogP contribution in [-0.2, 0) is 9.68 Å². The number of carbonyl (C=O) groups excluding carboxylic acids is 1. The second-order valence-corrected chi connectivity index (χ2v) is 8.10. The molecule has 1 aromatic carbocycles. The van der Waals surface area contributed by atoms with Crippen molar-refractivity contribution < 1.29 is 14.5 Å². The summed E-state index contributed by atoms with van der Waals surface area (Å²) in [4.78, 5) is 30.2. The largest absolute Gasteiger partial charge is 0.399 e. The van der Waals surface area contributed by atoms with Crippen LogP contribution in [-0.4, -0.2) is 54.2 Å². The second-order valence-electron chi connectivity index (χ2n) is 8.10. The Hall–Kier alpha value is -3.26. The lowest BCUT2D eigenvalue weighted by Gasteiger charge is -2.34. The van der Waals surface area contributed by atoms with Gasteiger partial charge in [0, 0.05) is 23.9 Å². The molecule has 4 rings (SSSR count). The monoisotopic (exact) mass is 421 g/mol. The number of carbonyl (C=O) groups is 1. The molecule has 0 saturated carbocycles. The molecule has 0 aliphatic carbocycles. The highest BCUT2D eigenvalue weighted by Gasteiger charge is 2.39. The van der Waals surface area contributed by atoms with E-state index >= 15 is 0 Å². The van der Waals surface area contributed by atoms with Gasteiger partial charge in [0.25, 0.3) is 5.91 Å². The number of oxime groups is 2. The first-order chi connectivity index (χ1) is 15.0. The quantitative estimate of drug-likeness (QED) is 0.750. The van der Waals surface area contributed by atoms with Gasteiger partial charge < -0.3 is 15.0 Å². The highest BCUT2D eigenvalue weighted by atomic mass is 16.7. The number of hydrogen-bond acceptors (Lipinski definition) is 7. The van der Waals surface area contributed by atoms with Crippen molar-refractivity contribution in [2.45, 2.75) is 38.3 Å².